The first kappa shape index (κ1) is 23.4. The summed E-state index contributed by atoms with van der Waals surface area (Å²) in [5, 5.41) is 10.2. The molecule has 162 valence electrons. The number of esters is 2. The Bertz CT molecular complexity index is 936. The molecule has 0 bridgehead atoms. The van der Waals surface area contributed by atoms with Gasteiger partial charge < -0.3 is 24.1 Å². The van der Waals surface area contributed by atoms with E-state index >= 15 is 0 Å². The Morgan fingerprint density at radius 1 is 0.968 bits per heavy atom. The minimum atomic E-state index is -1.12. The fourth-order valence-corrected chi connectivity index (χ4v) is 2.38. The molecule has 2 rings (SSSR count). The van der Waals surface area contributed by atoms with Gasteiger partial charge in [-0.1, -0.05) is 43.5 Å². The van der Waals surface area contributed by atoms with E-state index in [0.717, 1.165) is 12.2 Å². The number of phenolic OH excluding ortho intramolecular Hbond substituents is 1. The molecule has 0 aromatic heterocycles. The number of ketones is 1. The van der Waals surface area contributed by atoms with Crippen molar-refractivity contribution < 1.29 is 38.4 Å². The number of benzene rings is 2. The van der Waals surface area contributed by atoms with Crippen LogP contribution in [-0.2, 0) is 23.8 Å². The number of carbonyl (C=O) groups excluding carboxylic acids is 3. The third kappa shape index (κ3) is 7.45. The van der Waals surface area contributed by atoms with Crippen LogP contribution in [0.5, 0.6) is 11.5 Å². The topological polar surface area (TPSA) is 108 Å². The Hall–Kier alpha value is -3.91. The van der Waals surface area contributed by atoms with Gasteiger partial charge in [0.05, 0.1) is 12.2 Å². The molecule has 0 saturated heterocycles. The third-order valence-corrected chi connectivity index (χ3v) is 3.85. The molecule has 0 heterocycles. The summed E-state index contributed by atoms with van der Waals surface area (Å²) in [4.78, 5) is 35.0. The molecule has 8 heteroatoms. The maximum Gasteiger partial charge on any atom is 0.332 e. The fraction of sp³-hybridized carbons (Fsp3) is 0.174. The second-order valence-corrected chi connectivity index (χ2v) is 6.00. The SMILES string of the molecule is C=CC(=O)OCCOC(COc1ccc(C(=O)c2ccccc2)c(O)c1)OC(=O)C=C. The Morgan fingerprint density at radius 2 is 1.68 bits per heavy atom. The number of ether oxygens (including phenoxy) is 4. The van der Waals surface area contributed by atoms with Crippen LogP contribution in [0.3, 0.4) is 0 Å². The molecule has 2 aromatic rings. The van der Waals surface area contributed by atoms with Crippen LogP contribution >= 0.6 is 0 Å². The minimum absolute atomic E-state index is 0.0617. The average molecular weight is 426 g/mol. The number of hydrogen-bond acceptors (Lipinski definition) is 8. The quantitative estimate of drug-likeness (QED) is 0.181. The first-order valence-electron chi connectivity index (χ1n) is 9.24. The van der Waals surface area contributed by atoms with Gasteiger partial charge in [0.1, 0.15) is 18.1 Å². The lowest BCUT2D eigenvalue weighted by Gasteiger charge is -2.18. The summed E-state index contributed by atoms with van der Waals surface area (Å²) in [5.74, 6) is -1.71. The predicted molar refractivity (Wildman–Crippen MR) is 111 cm³/mol. The summed E-state index contributed by atoms with van der Waals surface area (Å²) in [6.45, 7) is 6.22. The Balaban J connectivity index is 1.98. The lowest BCUT2D eigenvalue weighted by Crippen LogP contribution is -2.29. The molecule has 2 aromatic carbocycles. The van der Waals surface area contributed by atoms with E-state index in [1.165, 1.54) is 18.2 Å². The maximum absolute atomic E-state index is 12.5. The molecule has 0 aliphatic heterocycles. The number of aromatic hydroxyl groups is 1. The average Bonchev–Trinajstić information content (AvgIpc) is 2.79. The van der Waals surface area contributed by atoms with Gasteiger partial charge in [0, 0.05) is 23.8 Å². The van der Waals surface area contributed by atoms with E-state index in [1.54, 1.807) is 30.3 Å². The molecule has 0 amide bonds. The highest BCUT2D eigenvalue weighted by Crippen LogP contribution is 2.26. The highest BCUT2D eigenvalue weighted by Gasteiger charge is 2.17. The van der Waals surface area contributed by atoms with Crippen molar-refractivity contribution in [2.75, 3.05) is 19.8 Å². The molecule has 0 fully saturated rings. The van der Waals surface area contributed by atoms with Crippen LogP contribution < -0.4 is 4.74 Å². The molecular formula is C23H22O8. The first-order valence-corrected chi connectivity index (χ1v) is 9.24. The largest absolute Gasteiger partial charge is 0.507 e. The highest BCUT2D eigenvalue weighted by atomic mass is 16.7. The third-order valence-electron chi connectivity index (χ3n) is 3.85. The zero-order valence-corrected chi connectivity index (χ0v) is 16.7. The molecule has 0 aliphatic rings. The van der Waals surface area contributed by atoms with Crippen LogP contribution in [0.1, 0.15) is 15.9 Å². The van der Waals surface area contributed by atoms with E-state index in [2.05, 4.69) is 13.2 Å². The van der Waals surface area contributed by atoms with Crippen LogP contribution in [0.15, 0.2) is 73.8 Å². The van der Waals surface area contributed by atoms with Gasteiger partial charge in [0.25, 0.3) is 0 Å². The maximum atomic E-state index is 12.5. The molecule has 31 heavy (non-hydrogen) atoms. The summed E-state index contributed by atoms with van der Waals surface area (Å²) >= 11 is 0. The molecule has 1 atom stereocenters. The van der Waals surface area contributed by atoms with E-state index < -0.39 is 18.2 Å². The second kappa shape index (κ2) is 11.9. The Morgan fingerprint density at radius 3 is 2.32 bits per heavy atom. The van der Waals surface area contributed by atoms with Crippen molar-refractivity contribution in [2.45, 2.75) is 6.29 Å². The lowest BCUT2D eigenvalue weighted by molar-refractivity contribution is -0.183. The Kier molecular flexibility index (Phi) is 9.00. The molecule has 1 N–H and O–H groups in total. The zero-order valence-electron chi connectivity index (χ0n) is 16.7. The van der Waals surface area contributed by atoms with Crippen LogP contribution in [-0.4, -0.2) is 48.9 Å². The van der Waals surface area contributed by atoms with Crippen molar-refractivity contribution in [1.29, 1.82) is 0 Å². The smallest absolute Gasteiger partial charge is 0.332 e. The number of hydrogen-bond donors (Lipinski definition) is 1. The van der Waals surface area contributed by atoms with Gasteiger partial charge in [-0.15, -0.1) is 0 Å². The van der Waals surface area contributed by atoms with Crippen molar-refractivity contribution in [3.63, 3.8) is 0 Å². The lowest BCUT2D eigenvalue weighted by atomic mass is 10.0. The van der Waals surface area contributed by atoms with Crippen LogP contribution in [0, 0.1) is 0 Å². The summed E-state index contributed by atoms with van der Waals surface area (Å²) < 4.78 is 20.6. The standard InChI is InChI=1S/C23H22O8/c1-3-20(25)28-12-13-29-22(31-21(26)4-2)15-30-17-10-11-18(19(24)14-17)23(27)16-8-6-5-7-9-16/h3-11,14,22,24H,1-2,12-13,15H2. The van der Waals surface area contributed by atoms with Crippen LogP contribution in [0.2, 0.25) is 0 Å². The normalized spacial score (nSPS) is 11.1. The molecule has 0 radical (unpaired) electrons. The van der Waals surface area contributed by atoms with Gasteiger partial charge in [0.2, 0.25) is 6.29 Å². The van der Waals surface area contributed by atoms with Gasteiger partial charge >= 0.3 is 11.9 Å². The summed E-state index contributed by atoms with van der Waals surface area (Å²) in [6.07, 6.45) is 0.849. The summed E-state index contributed by atoms with van der Waals surface area (Å²) in [6, 6.07) is 12.7. The number of rotatable bonds is 12. The van der Waals surface area contributed by atoms with Crippen LogP contribution in [0.25, 0.3) is 0 Å². The molecule has 1 unspecified atom stereocenters. The van der Waals surface area contributed by atoms with E-state index in [-0.39, 0.29) is 42.7 Å². The van der Waals surface area contributed by atoms with Crippen molar-refractivity contribution in [3.05, 3.63) is 85.0 Å². The van der Waals surface area contributed by atoms with Gasteiger partial charge in [-0.2, -0.15) is 0 Å². The van der Waals surface area contributed by atoms with Gasteiger partial charge in [-0.3, -0.25) is 4.79 Å². The molecule has 0 spiro atoms. The molecule has 8 nitrogen and oxygen atoms in total. The Labute approximate surface area is 179 Å². The van der Waals surface area contributed by atoms with E-state index in [9.17, 15) is 19.5 Å². The van der Waals surface area contributed by atoms with E-state index in [0.29, 0.717) is 5.56 Å². The van der Waals surface area contributed by atoms with Gasteiger partial charge in [-0.25, -0.2) is 9.59 Å². The van der Waals surface area contributed by atoms with Crippen molar-refractivity contribution in [3.8, 4) is 11.5 Å². The molecule has 0 aliphatic carbocycles. The predicted octanol–water partition coefficient (Wildman–Crippen LogP) is 2.80. The van der Waals surface area contributed by atoms with Gasteiger partial charge in [0.15, 0.2) is 12.4 Å². The van der Waals surface area contributed by atoms with Gasteiger partial charge in [-0.05, 0) is 12.1 Å². The van der Waals surface area contributed by atoms with Crippen molar-refractivity contribution in [1.82, 2.24) is 0 Å². The zero-order chi connectivity index (χ0) is 22.6. The highest BCUT2D eigenvalue weighted by molar-refractivity contribution is 6.10. The van der Waals surface area contributed by atoms with E-state index in [4.69, 9.17) is 18.9 Å². The summed E-state index contributed by atoms with van der Waals surface area (Å²) in [7, 11) is 0. The number of carbonyl (C=O) groups is 3. The molecule has 0 saturated carbocycles. The monoisotopic (exact) mass is 426 g/mol. The molecular weight excluding hydrogens is 404 g/mol. The first-order chi connectivity index (χ1) is 14.9. The fourth-order valence-electron chi connectivity index (χ4n) is 2.38. The number of phenols is 1. The van der Waals surface area contributed by atoms with E-state index in [1.807, 2.05) is 0 Å². The summed E-state index contributed by atoms with van der Waals surface area (Å²) in [5.41, 5.74) is 0.557. The van der Waals surface area contributed by atoms with Crippen LogP contribution in [0.4, 0.5) is 0 Å². The second-order valence-electron chi connectivity index (χ2n) is 6.00. The minimum Gasteiger partial charge on any atom is -0.507 e. The van der Waals surface area contributed by atoms with Crippen molar-refractivity contribution in [2.24, 2.45) is 0 Å². The van der Waals surface area contributed by atoms with Crippen molar-refractivity contribution >= 4 is 17.7 Å².